The van der Waals surface area contributed by atoms with E-state index in [-0.39, 0.29) is 12.1 Å². The smallest absolute Gasteiger partial charge is 0.330 e. The lowest BCUT2D eigenvalue weighted by molar-refractivity contribution is -0.161. The number of carbonyl (C=O) groups is 2. The predicted octanol–water partition coefficient (Wildman–Crippen LogP) is 2.77. The van der Waals surface area contributed by atoms with Crippen LogP contribution in [0, 0.1) is 0 Å². The molecule has 1 N–H and O–H groups in total. The lowest BCUT2D eigenvalue weighted by atomic mass is 9.76. The summed E-state index contributed by atoms with van der Waals surface area (Å²) in [5.74, 6) is -0.503. The van der Waals surface area contributed by atoms with E-state index in [4.69, 9.17) is 4.74 Å². The summed E-state index contributed by atoms with van der Waals surface area (Å²) in [7, 11) is 1.34. The Balaban J connectivity index is 1.54. The first-order valence-corrected chi connectivity index (χ1v) is 9.28. The van der Waals surface area contributed by atoms with Crippen LogP contribution in [0.3, 0.4) is 0 Å². The highest BCUT2D eigenvalue weighted by Crippen LogP contribution is 2.35. The Morgan fingerprint density at radius 1 is 1.27 bits per heavy atom. The van der Waals surface area contributed by atoms with Gasteiger partial charge in [0.2, 0.25) is 0 Å². The highest BCUT2D eigenvalue weighted by Gasteiger charge is 2.46. The predicted molar refractivity (Wildman–Crippen MR) is 97.1 cm³/mol. The number of rotatable bonds is 7. The molecule has 0 atom stereocenters. The molecule has 1 aromatic heterocycles. The van der Waals surface area contributed by atoms with E-state index in [1.807, 2.05) is 12.1 Å². The van der Waals surface area contributed by atoms with Crippen LogP contribution in [0.5, 0.6) is 0 Å². The molecule has 0 aromatic carbocycles. The average molecular weight is 358 g/mol. The number of nitrogens with one attached hydrogen (secondary N) is 1. The molecule has 26 heavy (non-hydrogen) atoms. The molecule has 2 fully saturated rings. The average Bonchev–Trinajstić information content (AvgIpc) is 3.12. The quantitative estimate of drug-likeness (QED) is 0.596. The fourth-order valence-corrected chi connectivity index (χ4v) is 3.38. The van der Waals surface area contributed by atoms with Crippen LogP contribution >= 0.6 is 0 Å². The van der Waals surface area contributed by atoms with Crippen molar-refractivity contribution in [3.63, 3.8) is 0 Å². The number of methoxy groups -OCH3 is 1. The van der Waals surface area contributed by atoms with Gasteiger partial charge in [0.15, 0.2) is 0 Å². The van der Waals surface area contributed by atoms with Crippen LogP contribution in [0.15, 0.2) is 24.4 Å². The zero-order chi connectivity index (χ0) is 18.4. The van der Waals surface area contributed by atoms with Crippen LogP contribution in [-0.2, 0) is 25.6 Å². The van der Waals surface area contributed by atoms with E-state index in [1.54, 1.807) is 12.3 Å². The Bertz CT molecular complexity index is 659. The van der Waals surface area contributed by atoms with Crippen LogP contribution in [0.4, 0.5) is 0 Å². The van der Waals surface area contributed by atoms with E-state index in [9.17, 15) is 9.59 Å². The first-order valence-electron chi connectivity index (χ1n) is 9.28. The van der Waals surface area contributed by atoms with E-state index in [0.717, 1.165) is 56.2 Å². The molecule has 0 bridgehead atoms. The third kappa shape index (κ3) is 4.49. The number of esters is 2. The standard InChI is InChI=1S/C20H26N2O4/c1-25-18(23)10-8-15-7-9-16(21-13-15)14-22-20(11-4-12-20)19(24)26-17-5-2-3-6-17/h7-10,13,17,22H,2-6,11-12,14H2,1H3/b10-8+. The number of ether oxygens (including phenoxy) is 2. The number of nitrogens with zero attached hydrogens (tertiary/aromatic N) is 1. The summed E-state index contributed by atoms with van der Waals surface area (Å²) in [6, 6.07) is 3.77. The van der Waals surface area contributed by atoms with Crippen molar-refractivity contribution in [2.75, 3.05) is 7.11 Å². The van der Waals surface area contributed by atoms with Crippen LogP contribution in [-0.4, -0.2) is 35.7 Å². The van der Waals surface area contributed by atoms with E-state index >= 15 is 0 Å². The number of aromatic nitrogens is 1. The molecule has 0 saturated heterocycles. The largest absolute Gasteiger partial charge is 0.466 e. The normalized spacial score (nSPS) is 19.3. The summed E-state index contributed by atoms with van der Waals surface area (Å²) in [4.78, 5) is 28.1. The molecule has 1 heterocycles. The Morgan fingerprint density at radius 2 is 2.04 bits per heavy atom. The van der Waals surface area contributed by atoms with E-state index in [0.29, 0.717) is 6.54 Å². The zero-order valence-electron chi connectivity index (χ0n) is 15.2. The SMILES string of the molecule is COC(=O)/C=C/c1ccc(CNC2(C(=O)OC3CCCC3)CCC2)nc1. The molecule has 6 heteroatoms. The number of pyridine rings is 1. The molecule has 2 aliphatic carbocycles. The number of carbonyl (C=O) groups excluding carboxylic acids is 2. The maximum absolute atomic E-state index is 12.6. The van der Waals surface area contributed by atoms with Crippen molar-refractivity contribution in [3.05, 3.63) is 35.7 Å². The van der Waals surface area contributed by atoms with Crippen molar-refractivity contribution < 1.29 is 19.1 Å². The Kier molecular flexibility index (Phi) is 6.04. The van der Waals surface area contributed by atoms with Gasteiger partial charge in [0.05, 0.1) is 12.8 Å². The summed E-state index contributed by atoms with van der Waals surface area (Å²) < 4.78 is 10.3. The van der Waals surface area contributed by atoms with E-state index < -0.39 is 11.5 Å². The molecule has 0 radical (unpaired) electrons. The molecule has 6 nitrogen and oxygen atoms in total. The number of hydrogen-bond acceptors (Lipinski definition) is 6. The van der Waals surface area contributed by atoms with E-state index in [2.05, 4.69) is 15.0 Å². The van der Waals surface area contributed by atoms with Gasteiger partial charge in [-0.2, -0.15) is 0 Å². The minimum absolute atomic E-state index is 0.0979. The molecule has 2 saturated carbocycles. The maximum Gasteiger partial charge on any atom is 0.330 e. The Hall–Kier alpha value is -2.21. The second-order valence-corrected chi connectivity index (χ2v) is 7.04. The van der Waals surface area contributed by atoms with Gasteiger partial charge in [-0.3, -0.25) is 15.1 Å². The van der Waals surface area contributed by atoms with Gasteiger partial charge in [-0.25, -0.2) is 4.79 Å². The van der Waals surface area contributed by atoms with Gasteiger partial charge in [0.1, 0.15) is 11.6 Å². The Morgan fingerprint density at radius 3 is 2.62 bits per heavy atom. The Labute approximate surface area is 154 Å². The molecule has 2 aliphatic rings. The summed E-state index contributed by atoms with van der Waals surface area (Å²) in [6.45, 7) is 0.515. The molecule has 3 rings (SSSR count). The van der Waals surface area contributed by atoms with Crippen molar-refractivity contribution in [1.82, 2.24) is 10.3 Å². The van der Waals surface area contributed by atoms with Gasteiger partial charge in [0.25, 0.3) is 0 Å². The first kappa shape index (κ1) is 18.6. The van der Waals surface area contributed by atoms with Gasteiger partial charge in [0, 0.05) is 18.8 Å². The van der Waals surface area contributed by atoms with Crippen molar-refractivity contribution >= 4 is 18.0 Å². The van der Waals surface area contributed by atoms with Gasteiger partial charge in [-0.1, -0.05) is 6.07 Å². The fraction of sp³-hybridized carbons (Fsp3) is 0.550. The molecule has 0 spiro atoms. The summed E-state index contributed by atoms with van der Waals surface area (Å²) in [5.41, 5.74) is 1.12. The second kappa shape index (κ2) is 8.45. The van der Waals surface area contributed by atoms with Crippen LogP contribution in [0.2, 0.25) is 0 Å². The molecular weight excluding hydrogens is 332 g/mol. The molecule has 0 amide bonds. The van der Waals surface area contributed by atoms with Crippen LogP contribution in [0.1, 0.15) is 56.2 Å². The third-order valence-corrected chi connectivity index (χ3v) is 5.24. The highest BCUT2D eigenvalue weighted by molar-refractivity contribution is 5.86. The first-order chi connectivity index (χ1) is 12.6. The summed E-state index contributed by atoms with van der Waals surface area (Å²) in [5, 5.41) is 3.37. The van der Waals surface area contributed by atoms with Gasteiger partial charge < -0.3 is 9.47 Å². The van der Waals surface area contributed by atoms with Gasteiger partial charge in [-0.05, 0) is 62.7 Å². The van der Waals surface area contributed by atoms with Crippen LogP contribution in [0.25, 0.3) is 6.08 Å². The lowest BCUT2D eigenvalue weighted by Gasteiger charge is -2.40. The summed E-state index contributed by atoms with van der Waals surface area (Å²) >= 11 is 0. The third-order valence-electron chi connectivity index (χ3n) is 5.24. The minimum Gasteiger partial charge on any atom is -0.466 e. The van der Waals surface area contributed by atoms with Crippen molar-refractivity contribution in [2.24, 2.45) is 0 Å². The van der Waals surface area contributed by atoms with Crippen molar-refractivity contribution in [3.8, 4) is 0 Å². The minimum atomic E-state index is -0.548. The fourth-order valence-electron chi connectivity index (χ4n) is 3.38. The zero-order valence-corrected chi connectivity index (χ0v) is 15.2. The molecule has 1 aromatic rings. The maximum atomic E-state index is 12.6. The highest BCUT2D eigenvalue weighted by atomic mass is 16.5. The molecular formula is C20H26N2O4. The monoisotopic (exact) mass is 358 g/mol. The lowest BCUT2D eigenvalue weighted by Crippen LogP contribution is -2.58. The topological polar surface area (TPSA) is 77.5 Å². The van der Waals surface area contributed by atoms with E-state index in [1.165, 1.54) is 13.2 Å². The van der Waals surface area contributed by atoms with Gasteiger partial charge in [-0.15, -0.1) is 0 Å². The summed E-state index contributed by atoms with van der Waals surface area (Å²) in [6.07, 6.45) is 11.8. The molecule has 0 aliphatic heterocycles. The van der Waals surface area contributed by atoms with Crippen molar-refractivity contribution in [2.45, 2.75) is 63.1 Å². The molecule has 0 unspecified atom stereocenters. The van der Waals surface area contributed by atoms with Crippen LogP contribution < -0.4 is 5.32 Å². The molecule has 140 valence electrons. The van der Waals surface area contributed by atoms with Crippen molar-refractivity contribution in [1.29, 1.82) is 0 Å². The number of hydrogen-bond donors (Lipinski definition) is 1. The van der Waals surface area contributed by atoms with Gasteiger partial charge >= 0.3 is 11.9 Å². The second-order valence-electron chi connectivity index (χ2n) is 7.04.